The lowest BCUT2D eigenvalue weighted by atomic mass is 10.1. The fourth-order valence-electron chi connectivity index (χ4n) is 1.64. The third-order valence-electron chi connectivity index (χ3n) is 2.59. The molecule has 0 radical (unpaired) electrons. The fourth-order valence-corrected chi connectivity index (χ4v) is 2.06. The van der Waals surface area contributed by atoms with Crippen LogP contribution in [0.25, 0.3) is 0 Å². The molecule has 0 saturated carbocycles. The predicted octanol–water partition coefficient (Wildman–Crippen LogP) is 3.75. The molecule has 0 spiro atoms. The van der Waals surface area contributed by atoms with Crippen molar-refractivity contribution in [2.24, 2.45) is 0 Å². The minimum Gasteiger partial charge on any atom is -0.287 e. The van der Waals surface area contributed by atoms with E-state index in [2.05, 4.69) is 33.8 Å². The first kappa shape index (κ1) is 13.2. The summed E-state index contributed by atoms with van der Waals surface area (Å²) in [6, 6.07) is 10.2. The molecular weight excluding hydrogens is 264 g/mol. The largest absolute Gasteiger partial charge is 0.287 e. The molecular formula is C13H17BrN2. The summed E-state index contributed by atoms with van der Waals surface area (Å²) in [6.07, 6.45) is 2.28. The quantitative estimate of drug-likeness (QED) is 0.822. The van der Waals surface area contributed by atoms with Crippen molar-refractivity contribution < 1.29 is 0 Å². The van der Waals surface area contributed by atoms with Crippen molar-refractivity contribution in [3.63, 3.8) is 0 Å². The lowest BCUT2D eigenvalue weighted by molar-refractivity contribution is 0.286. The number of nitrogens with zero attached hydrogens (tertiary/aromatic N) is 2. The minimum atomic E-state index is -0.149. The van der Waals surface area contributed by atoms with E-state index in [1.807, 2.05) is 31.3 Å². The topological polar surface area (TPSA) is 27.0 Å². The van der Waals surface area contributed by atoms with E-state index in [-0.39, 0.29) is 6.04 Å². The summed E-state index contributed by atoms with van der Waals surface area (Å²) < 4.78 is 1.02. The molecule has 0 aromatic heterocycles. The number of halogens is 1. The highest BCUT2D eigenvalue weighted by Gasteiger charge is 2.15. The molecule has 1 aromatic carbocycles. The number of hydrogen-bond acceptors (Lipinski definition) is 2. The minimum absolute atomic E-state index is 0.149. The standard InChI is InChI=1S/C13H17BrN2/c1-3-4-8-16(2)13(10-15)11-6-5-7-12(14)9-11/h5-7,9,13H,3-4,8H2,1-2H3. The maximum absolute atomic E-state index is 9.23. The summed E-state index contributed by atoms with van der Waals surface area (Å²) in [6.45, 7) is 3.12. The second-order valence-electron chi connectivity index (χ2n) is 3.92. The van der Waals surface area contributed by atoms with E-state index in [1.54, 1.807) is 0 Å². The Balaban J connectivity index is 2.78. The Kier molecular flexibility index (Phi) is 5.51. The van der Waals surface area contributed by atoms with E-state index in [9.17, 15) is 5.26 Å². The Labute approximate surface area is 106 Å². The fraction of sp³-hybridized carbons (Fsp3) is 0.462. The summed E-state index contributed by atoms with van der Waals surface area (Å²) >= 11 is 3.43. The van der Waals surface area contributed by atoms with Gasteiger partial charge in [0.2, 0.25) is 0 Å². The number of nitriles is 1. The average Bonchev–Trinajstić information content (AvgIpc) is 2.27. The Bertz CT molecular complexity index is 370. The van der Waals surface area contributed by atoms with Crippen LogP contribution < -0.4 is 0 Å². The van der Waals surface area contributed by atoms with Crippen molar-refractivity contribution in [1.29, 1.82) is 5.26 Å². The summed E-state index contributed by atoms with van der Waals surface area (Å²) in [5.74, 6) is 0. The van der Waals surface area contributed by atoms with Gasteiger partial charge in [-0.3, -0.25) is 4.90 Å². The van der Waals surface area contributed by atoms with Crippen molar-refractivity contribution >= 4 is 15.9 Å². The lowest BCUT2D eigenvalue weighted by Crippen LogP contribution is -2.24. The van der Waals surface area contributed by atoms with Gasteiger partial charge in [0.15, 0.2) is 0 Å². The van der Waals surface area contributed by atoms with Gasteiger partial charge in [-0.2, -0.15) is 5.26 Å². The average molecular weight is 281 g/mol. The maximum Gasteiger partial charge on any atom is 0.123 e. The van der Waals surface area contributed by atoms with Crippen LogP contribution in [0, 0.1) is 11.3 Å². The van der Waals surface area contributed by atoms with Crippen LogP contribution in [-0.4, -0.2) is 18.5 Å². The number of hydrogen-bond donors (Lipinski definition) is 0. The lowest BCUT2D eigenvalue weighted by Gasteiger charge is -2.22. The molecule has 0 aliphatic rings. The zero-order valence-electron chi connectivity index (χ0n) is 9.78. The molecule has 3 heteroatoms. The second-order valence-corrected chi connectivity index (χ2v) is 4.84. The molecule has 0 aliphatic carbocycles. The molecule has 86 valence electrons. The van der Waals surface area contributed by atoms with Gasteiger partial charge in [-0.1, -0.05) is 41.4 Å². The molecule has 0 amide bonds. The zero-order chi connectivity index (χ0) is 12.0. The van der Waals surface area contributed by atoms with Crippen LogP contribution in [0.4, 0.5) is 0 Å². The van der Waals surface area contributed by atoms with Crippen molar-refractivity contribution in [1.82, 2.24) is 4.90 Å². The SMILES string of the molecule is CCCCN(C)C(C#N)c1cccc(Br)c1. The van der Waals surface area contributed by atoms with Gasteiger partial charge in [0, 0.05) is 4.47 Å². The number of rotatable bonds is 5. The zero-order valence-corrected chi connectivity index (χ0v) is 11.4. The molecule has 16 heavy (non-hydrogen) atoms. The van der Waals surface area contributed by atoms with Crippen molar-refractivity contribution in [3.8, 4) is 6.07 Å². The van der Waals surface area contributed by atoms with Crippen LogP contribution >= 0.6 is 15.9 Å². The normalized spacial score (nSPS) is 12.4. The van der Waals surface area contributed by atoms with E-state index in [0.29, 0.717) is 0 Å². The van der Waals surface area contributed by atoms with Crippen molar-refractivity contribution in [2.75, 3.05) is 13.6 Å². The first-order valence-electron chi connectivity index (χ1n) is 5.54. The first-order valence-corrected chi connectivity index (χ1v) is 6.33. The third kappa shape index (κ3) is 3.62. The van der Waals surface area contributed by atoms with Gasteiger partial charge in [-0.25, -0.2) is 0 Å². The Morgan fingerprint density at radius 3 is 2.81 bits per heavy atom. The van der Waals surface area contributed by atoms with Gasteiger partial charge < -0.3 is 0 Å². The highest BCUT2D eigenvalue weighted by Crippen LogP contribution is 2.22. The van der Waals surface area contributed by atoms with Crippen molar-refractivity contribution in [3.05, 3.63) is 34.3 Å². The molecule has 2 nitrogen and oxygen atoms in total. The summed E-state index contributed by atoms with van der Waals surface area (Å²) in [4.78, 5) is 2.10. The van der Waals surface area contributed by atoms with Crippen LogP contribution in [0.3, 0.4) is 0 Å². The molecule has 0 aliphatic heterocycles. The van der Waals surface area contributed by atoms with Crippen LogP contribution in [0.1, 0.15) is 31.4 Å². The van der Waals surface area contributed by atoms with Gasteiger partial charge in [0.05, 0.1) is 6.07 Å². The van der Waals surface area contributed by atoms with Crippen LogP contribution in [0.5, 0.6) is 0 Å². The molecule has 0 heterocycles. The van der Waals surface area contributed by atoms with E-state index in [0.717, 1.165) is 29.4 Å². The molecule has 1 atom stereocenters. The molecule has 0 fully saturated rings. The summed E-state index contributed by atoms with van der Waals surface area (Å²) in [7, 11) is 2.00. The Morgan fingerprint density at radius 1 is 1.50 bits per heavy atom. The smallest absolute Gasteiger partial charge is 0.123 e. The monoisotopic (exact) mass is 280 g/mol. The highest BCUT2D eigenvalue weighted by atomic mass is 79.9. The van der Waals surface area contributed by atoms with Gasteiger partial charge in [-0.15, -0.1) is 0 Å². The Hall–Kier alpha value is -0.850. The molecule has 0 N–H and O–H groups in total. The van der Waals surface area contributed by atoms with Crippen LogP contribution in [0.15, 0.2) is 28.7 Å². The highest BCUT2D eigenvalue weighted by molar-refractivity contribution is 9.10. The predicted molar refractivity (Wildman–Crippen MR) is 70.0 cm³/mol. The first-order chi connectivity index (χ1) is 7.69. The van der Waals surface area contributed by atoms with Gasteiger partial charge in [0.25, 0.3) is 0 Å². The van der Waals surface area contributed by atoms with Gasteiger partial charge in [0.1, 0.15) is 6.04 Å². The number of unbranched alkanes of at least 4 members (excludes halogenated alkanes) is 1. The molecule has 1 aromatic rings. The van der Waals surface area contributed by atoms with E-state index in [4.69, 9.17) is 0 Å². The Morgan fingerprint density at radius 2 is 2.25 bits per heavy atom. The third-order valence-corrected chi connectivity index (χ3v) is 3.09. The maximum atomic E-state index is 9.23. The van der Waals surface area contributed by atoms with E-state index < -0.39 is 0 Å². The van der Waals surface area contributed by atoms with Gasteiger partial charge in [-0.05, 0) is 37.7 Å². The molecule has 1 unspecified atom stereocenters. The molecule has 0 bridgehead atoms. The molecule has 0 saturated heterocycles. The van der Waals surface area contributed by atoms with Crippen LogP contribution in [-0.2, 0) is 0 Å². The summed E-state index contributed by atoms with van der Waals surface area (Å²) in [5.41, 5.74) is 1.05. The van der Waals surface area contributed by atoms with E-state index in [1.165, 1.54) is 0 Å². The molecule has 1 rings (SSSR count). The van der Waals surface area contributed by atoms with Gasteiger partial charge >= 0.3 is 0 Å². The summed E-state index contributed by atoms with van der Waals surface area (Å²) in [5, 5.41) is 9.23. The second kappa shape index (κ2) is 6.67. The number of benzene rings is 1. The van der Waals surface area contributed by atoms with Crippen molar-refractivity contribution in [2.45, 2.75) is 25.8 Å². The van der Waals surface area contributed by atoms with E-state index >= 15 is 0 Å². The van der Waals surface area contributed by atoms with Crippen LogP contribution in [0.2, 0.25) is 0 Å².